The largest absolute Gasteiger partial charge is 0.496 e. The van der Waals surface area contributed by atoms with E-state index in [4.69, 9.17) is 4.74 Å². The lowest BCUT2D eigenvalue weighted by atomic mass is 9.90. The molecule has 1 aromatic carbocycles. The molecule has 3 amide bonds. The quantitative estimate of drug-likeness (QED) is 0.829. The minimum absolute atomic E-state index is 0.0232. The van der Waals surface area contributed by atoms with E-state index < -0.39 is 5.54 Å². The van der Waals surface area contributed by atoms with E-state index in [-0.39, 0.29) is 18.0 Å². The fraction of sp³-hybridized carbons (Fsp3) is 0.529. The molecule has 2 aliphatic rings. The predicted molar refractivity (Wildman–Crippen MR) is 86.4 cm³/mol. The Morgan fingerprint density at radius 2 is 1.96 bits per heavy atom. The van der Waals surface area contributed by atoms with Crippen LogP contribution in [-0.4, -0.2) is 43.1 Å². The topological polar surface area (TPSA) is 70.7 Å². The maximum absolute atomic E-state index is 13.0. The van der Waals surface area contributed by atoms with Crippen molar-refractivity contribution < 1.29 is 14.3 Å². The van der Waals surface area contributed by atoms with E-state index in [9.17, 15) is 9.59 Å². The third kappa shape index (κ3) is 2.57. The lowest BCUT2D eigenvalue weighted by Gasteiger charge is -2.30. The van der Waals surface area contributed by atoms with Gasteiger partial charge in [0.1, 0.15) is 11.3 Å². The molecule has 0 radical (unpaired) electrons. The third-order valence-electron chi connectivity index (χ3n) is 4.87. The average Bonchev–Trinajstić information content (AvgIpc) is 2.78. The van der Waals surface area contributed by atoms with Crippen LogP contribution in [0, 0.1) is 6.92 Å². The molecule has 1 aromatic rings. The van der Waals surface area contributed by atoms with Gasteiger partial charge < -0.3 is 15.4 Å². The Morgan fingerprint density at radius 1 is 1.26 bits per heavy atom. The zero-order valence-electron chi connectivity index (χ0n) is 13.8. The summed E-state index contributed by atoms with van der Waals surface area (Å²) in [4.78, 5) is 26.8. The Labute approximate surface area is 136 Å². The van der Waals surface area contributed by atoms with Crippen molar-refractivity contribution >= 4 is 11.9 Å². The van der Waals surface area contributed by atoms with Gasteiger partial charge in [-0.25, -0.2) is 4.79 Å². The molecule has 124 valence electrons. The number of amides is 3. The molecule has 2 aliphatic heterocycles. The molecule has 6 nitrogen and oxygen atoms in total. The van der Waals surface area contributed by atoms with Crippen LogP contribution in [0.2, 0.25) is 0 Å². The van der Waals surface area contributed by atoms with E-state index in [0.717, 1.165) is 42.8 Å². The number of imide groups is 1. The average molecular weight is 317 g/mol. The van der Waals surface area contributed by atoms with Gasteiger partial charge >= 0.3 is 6.03 Å². The van der Waals surface area contributed by atoms with Gasteiger partial charge in [0.05, 0.1) is 7.11 Å². The van der Waals surface area contributed by atoms with Crippen molar-refractivity contribution in [1.29, 1.82) is 0 Å². The number of rotatable bonds is 3. The van der Waals surface area contributed by atoms with E-state index in [1.54, 1.807) is 14.0 Å². The first-order valence-corrected chi connectivity index (χ1v) is 7.99. The lowest BCUT2D eigenvalue weighted by Crippen LogP contribution is -2.47. The Bertz CT molecular complexity index is 640. The number of carbonyl (C=O) groups is 2. The second-order valence-electron chi connectivity index (χ2n) is 6.40. The van der Waals surface area contributed by atoms with Gasteiger partial charge in [-0.15, -0.1) is 0 Å². The van der Waals surface area contributed by atoms with Crippen molar-refractivity contribution in [3.8, 4) is 5.75 Å². The Morgan fingerprint density at radius 3 is 2.57 bits per heavy atom. The fourth-order valence-electron chi connectivity index (χ4n) is 3.44. The van der Waals surface area contributed by atoms with Gasteiger partial charge in [0.25, 0.3) is 5.91 Å². The van der Waals surface area contributed by atoms with Crippen LogP contribution in [0.3, 0.4) is 0 Å². The van der Waals surface area contributed by atoms with E-state index in [0.29, 0.717) is 0 Å². The molecule has 2 heterocycles. The number of nitrogens with zero attached hydrogens (tertiary/aromatic N) is 1. The fourth-order valence-corrected chi connectivity index (χ4v) is 3.44. The number of benzene rings is 1. The zero-order valence-corrected chi connectivity index (χ0v) is 13.8. The van der Waals surface area contributed by atoms with Gasteiger partial charge in [-0.05, 0) is 63.0 Å². The van der Waals surface area contributed by atoms with Crippen LogP contribution in [0.4, 0.5) is 4.79 Å². The maximum Gasteiger partial charge on any atom is 0.325 e. The molecular formula is C17H23N3O3. The second kappa shape index (κ2) is 5.85. The molecule has 6 heteroatoms. The Hall–Kier alpha value is -2.08. The predicted octanol–water partition coefficient (Wildman–Crippen LogP) is 1.52. The molecule has 2 N–H and O–H groups in total. The van der Waals surface area contributed by atoms with Crippen LogP contribution >= 0.6 is 0 Å². The van der Waals surface area contributed by atoms with Gasteiger partial charge in [0.2, 0.25) is 0 Å². The molecule has 0 aromatic heterocycles. The summed E-state index contributed by atoms with van der Waals surface area (Å²) < 4.78 is 5.27. The molecule has 1 atom stereocenters. The van der Waals surface area contributed by atoms with Crippen LogP contribution in [-0.2, 0) is 10.3 Å². The smallest absolute Gasteiger partial charge is 0.325 e. The number of piperidine rings is 1. The van der Waals surface area contributed by atoms with Crippen LogP contribution in [0.1, 0.15) is 30.9 Å². The van der Waals surface area contributed by atoms with E-state index in [1.165, 1.54) is 4.90 Å². The van der Waals surface area contributed by atoms with Gasteiger partial charge in [-0.2, -0.15) is 0 Å². The van der Waals surface area contributed by atoms with Crippen LogP contribution in [0.5, 0.6) is 5.75 Å². The summed E-state index contributed by atoms with van der Waals surface area (Å²) in [5.41, 5.74) is 0.707. The highest BCUT2D eigenvalue weighted by Crippen LogP contribution is 2.33. The maximum atomic E-state index is 13.0. The molecular weight excluding hydrogens is 294 g/mol. The van der Waals surface area contributed by atoms with Crippen molar-refractivity contribution in [3.05, 3.63) is 29.3 Å². The first-order chi connectivity index (χ1) is 11.0. The highest BCUT2D eigenvalue weighted by Gasteiger charge is 2.51. The van der Waals surface area contributed by atoms with Crippen molar-refractivity contribution in [2.24, 2.45) is 0 Å². The summed E-state index contributed by atoms with van der Waals surface area (Å²) >= 11 is 0. The monoisotopic (exact) mass is 317 g/mol. The first kappa shape index (κ1) is 15.8. The van der Waals surface area contributed by atoms with Gasteiger partial charge in [-0.3, -0.25) is 9.69 Å². The SMILES string of the molecule is COc1ccc(C2(C)NC(=O)N(C3CCNCC3)C2=O)cc1C. The summed E-state index contributed by atoms with van der Waals surface area (Å²) in [6, 6.07) is 5.27. The van der Waals surface area contributed by atoms with E-state index in [1.807, 2.05) is 25.1 Å². The van der Waals surface area contributed by atoms with E-state index in [2.05, 4.69) is 10.6 Å². The molecule has 0 aliphatic carbocycles. The second-order valence-corrected chi connectivity index (χ2v) is 6.40. The summed E-state index contributed by atoms with van der Waals surface area (Å²) in [5, 5.41) is 6.14. The Kier molecular flexibility index (Phi) is 4.02. The van der Waals surface area contributed by atoms with Gasteiger partial charge in [0, 0.05) is 6.04 Å². The molecule has 0 saturated carbocycles. The van der Waals surface area contributed by atoms with Crippen LogP contribution in [0.15, 0.2) is 18.2 Å². The number of nitrogens with one attached hydrogen (secondary N) is 2. The van der Waals surface area contributed by atoms with Crippen molar-refractivity contribution in [1.82, 2.24) is 15.5 Å². The normalized spacial score (nSPS) is 25.6. The van der Waals surface area contributed by atoms with Crippen molar-refractivity contribution in [2.45, 2.75) is 38.3 Å². The number of ether oxygens (including phenoxy) is 1. The number of carbonyl (C=O) groups excluding carboxylic acids is 2. The summed E-state index contributed by atoms with van der Waals surface area (Å²) in [6.07, 6.45) is 1.60. The molecule has 3 rings (SSSR count). The highest BCUT2D eigenvalue weighted by molar-refractivity contribution is 6.07. The molecule has 23 heavy (non-hydrogen) atoms. The highest BCUT2D eigenvalue weighted by atomic mass is 16.5. The first-order valence-electron chi connectivity index (χ1n) is 7.99. The van der Waals surface area contributed by atoms with Crippen LogP contribution in [0.25, 0.3) is 0 Å². The standard InChI is InChI=1S/C17H23N3O3/c1-11-10-12(4-5-14(11)23-3)17(2)15(21)20(16(22)19-17)13-6-8-18-9-7-13/h4-5,10,13,18H,6-9H2,1-3H3,(H,19,22). The molecule has 2 fully saturated rings. The molecule has 0 spiro atoms. The third-order valence-corrected chi connectivity index (χ3v) is 4.87. The molecule has 2 saturated heterocycles. The lowest BCUT2D eigenvalue weighted by molar-refractivity contribution is -0.133. The molecule has 1 unspecified atom stereocenters. The van der Waals surface area contributed by atoms with Gasteiger partial charge in [0.15, 0.2) is 0 Å². The van der Waals surface area contributed by atoms with E-state index >= 15 is 0 Å². The minimum atomic E-state index is -1.01. The number of urea groups is 1. The zero-order chi connectivity index (χ0) is 16.6. The van der Waals surface area contributed by atoms with Crippen molar-refractivity contribution in [3.63, 3.8) is 0 Å². The number of hydrogen-bond acceptors (Lipinski definition) is 4. The van der Waals surface area contributed by atoms with Gasteiger partial charge in [-0.1, -0.05) is 6.07 Å². The number of hydrogen-bond donors (Lipinski definition) is 2. The number of methoxy groups -OCH3 is 1. The minimum Gasteiger partial charge on any atom is -0.496 e. The summed E-state index contributed by atoms with van der Waals surface area (Å²) in [6.45, 7) is 5.37. The summed E-state index contributed by atoms with van der Waals surface area (Å²) in [5.74, 6) is 0.600. The van der Waals surface area contributed by atoms with Crippen LogP contribution < -0.4 is 15.4 Å². The number of aryl methyl sites for hydroxylation is 1. The Balaban J connectivity index is 1.91. The molecule has 0 bridgehead atoms. The summed E-state index contributed by atoms with van der Waals surface area (Å²) in [7, 11) is 1.62. The van der Waals surface area contributed by atoms with Crippen molar-refractivity contribution in [2.75, 3.05) is 20.2 Å².